The monoisotopic (exact) mass is 393 g/mol. The number of benzene rings is 1. The predicted molar refractivity (Wildman–Crippen MR) is 101 cm³/mol. The molecule has 144 valence electrons. The Balaban J connectivity index is 2.07. The van der Waals surface area contributed by atoms with Crippen LogP contribution in [0.25, 0.3) is 11.8 Å². The second-order valence-corrected chi connectivity index (χ2v) is 6.04. The third-order valence-corrected chi connectivity index (χ3v) is 4.32. The Hall–Kier alpha value is -2.67. The molecule has 0 fully saturated rings. The Labute approximate surface area is 162 Å². The fourth-order valence-electron chi connectivity index (χ4n) is 2.45. The van der Waals surface area contributed by atoms with Gasteiger partial charge in [0, 0.05) is 24.7 Å². The van der Waals surface area contributed by atoms with E-state index in [9.17, 15) is 14.0 Å². The van der Waals surface area contributed by atoms with Crippen LogP contribution in [0.4, 0.5) is 4.39 Å². The number of carbonyl (C=O) groups excluding carboxylic acids is 2. The highest BCUT2D eigenvalue weighted by Crippen LogP contribution is 2.24. The van der Waals surface area contributed by atoms with E-state index in [1.807, 2.05) is 13.8 Å². The molecule has 0 atom stereocenters. The molecule has 0 aliphatic rings. The topological polar surface area (TPSA) is 64.4 Å². The number of likely N-dealkylation sites (N-methyl/N-ethyl adjacent to an activating group) is 1. The lowest BCUT2D eigenvalue weighted by molar-refractivity contribution is -0.147. The molecule has 2 aromatic rings. The summed E-state index contributed by atoms with van der Waals surface area (Å²) in [5.74, 6) is -1.26. The third-order valence-electron chi connectivity index (χ3n) is 3.96. The molecule has 6 nitrogen and oxygen atoms in total. The molecule has 0 N–H and O–H groups in total. The van der Waals surface area contributed by atoms with Gasteiger partial charge in [0.05, 0.1) is 11.4 Å². The van der Waals surface area contributed by atoms with Crippen molar-refractivity contribution in [1.82, 2.24) is 14.7 Å². The third kappa shape index (κ3) is 5.17. The first-order valence-corrected chi connectivity index (χ1v) is 8.88. The van der Waals surface area contributed by atoms with Crippen molar-refractivity contribution < 1.29 is 18.7 Å². The molecule has 0 saturated carbocycles. The second-order valence-electron chi connectivity index (χ2n) is 5.69. The summed E-state index contributed by atoms with van der Waals surface area (Å²) in [4.78, 5) is 25.3. The van der Waals surface area contributed by atoms with Crippen LogP contribution in [0, 0.1) is 12.7 Å². The Kier molecular flexibility index (Phi) is 7.12. The van der Waals surface area contributed by atoms with Crippen LogP contribution in [0.3, 0.4) is 0 Å². The molecule has 2 rings (SSSR count). The van der Waals surface area contributed by atoms with Crippen molar-refractivity contribution in [2.45, 2.75) is 20.8 Å². The number of ether oxygens (including phenoxy) is 1. The van der Waals surface area contributed by atoms with Crippen LogP contribution in [-0.4, -0.2) is 46.3 Å². The Bertz CT molecular complexity index is 843. The molecule has 1 aromatic carbocycles. The van der Waals surface area contributed by atoms with Crippen LogP contribution in [0.15, 0.2) is 30.3 Å². The van der Waals surface area contributed by atoms with Crippen LogP contribution in [0.5, 0.6) is 0 Å². The van der Waals surface area contributed by atoms with Gasteiger partial charge < -0.3 is 9.64 Å². The van der Waals surface area contributed by atoms with Gasteiger partial charge in [-0.2, -0.15) is 5.10 Å². The molecule has 0 aliphatic heterocycles. The van der Waals surface area contributed by atoms with E-state index in [0.29, 0.717) is 30.0 Å². The molecular formula is C19H21ClFN3O3. The first-order valence-electron chi connectivity index (χ1n) is 8.51. The molecule has 1 amide bonds. The minimum absolute atomic E-state index is 0.250. The zero-order valence-electron chi connectivity index (χ0n) is 15.4. The van der Waals surface area contributed by atoms with E-state index in [1.54, 1.807) is 24.0 Å². The van der Waals surface area contributed by atoms with Gasteiger partial charge in [-0.15, -0.1) is 0 Å². The van der Waals surface area contributed by atoms with Gasteiger partial charge in [-0.25, -0.2) is 13.9 Å². The molecule has 0 spiro atoms. The lowest BCUT2D eigenvalue weighted by Gasteiger charge is -2.17. The summed E-state index contributed by atoms with van der Waals surface area (Å²) in [6.07, 6.45) is 2.68. The molecule has 0 unspecified atom stereocenters. The van der Waals surface area contributed by atoms with E-state index in [1.165, 1.54) is 29.0 Å². The van der Waals surface area contributed by atoms with E-state index >= 15 is 0 Å². The number of esters is 1. The van der Waals surface area contributed by atoms with Crippen LogP contribution in [0.1, 0.15) is 25.1 Å². The maximum atomic E-state index is 13.1. The molecule has 0 saturated heterocycles. The van der Waals surface area contributed by atoms with Crippen molar-refractivity contribution in [2.75, 3.05) is 19.7 Å². The normalized spacial score (nSPS) is 11.0. The molecule has 1 aromatic heterocycles. The van der Waals surface area contributed by atoms with Crippen LogP contribution in [0.2, 0.25) is 5.15 Å². The first kappa shape index (κ1) is 20.6. The summed E-state index contributed by atoms with van der Waals surface area (Å²) >= 11 is 6.34. The van der Waals surface area contributed by atoms with E-state index < -0.39 is 5.97 Å². The Morgan fingerprint density at radius 1 is 1.26 bits per heavy atom. The SMILES string of the molecule is CCN(CC)C(=O)COC(=O)/C=C/c1c(C)nn(-c2ccc(F)cc2)c1Cl. The summed E-state index contributed by atoms with van der Waals surface area (Å²) < 4.78 is 19.5. The lowest BCUT2D eigenvalue weighted by Crippen LogP contribution is -2.34. The van der Waals surface area contributed by atoms with Gasteiger partial charge in [0.15, 0.2) is 6.61 Å². The van der Waals surface area contributed by atoms with Gasteiger partial charge in [0.25, 0.3) is 5.91 Å². The van der Waals surface area contributed by atoms with Crippen molar-refractivity contribution >= 4 is 29.6 Å². The van der Waals surface area contributed by atoms with Crippen molar-refractivity contribution in [1.29, 1.82) is 0 Å². The summed E-state index contributed by atoms with van der Waals surface area (Å²) in [5, 5.41) is 4.59. The average molecular weight is 394 g/mol. The average Bonchev–Trinajstić information content (AvgIpc) is 2.94. The summed E-state index contributed by atoms with van der Waals surface area (Å²) in [6.45, 7) is 6.24. The predicted octanol–water partition coefficient (Wildman–Crippen LogP) is 3.40. The quantitative estimate of drug-likeness (QED) is 0.534. The van der Waals surface area contributed by atoms with Crippen LogP contribution >= 0.6 is 11.6 Å². The summed E-state index contributed by atoms with van der Waals surface area (Å²) in [6, 6.07) is 5.72. The van der Waals surface area contributed by atoms with Gasteiger partial charge >= 0.3 is 5.97 Å². The number of nitrogens with zero attached hydrogens (tertiary/aromatic N) is 3. The second kappa shape index (κ2) is 9.32. The maximum Gasteiger partial charge on any atom is 0.331 e. The molecule has 0 radical (unpaired) electrons. The molecule has 0 aliphatic carbocycles. The number of rotatable bonds is 7. The smallest absolute Gasteiger partial charge is 0.331 e. The van der Waals surface area contributed by atoms with E-state index in [4.69, 9.17) is 16.3 Å². The van der Waals surface area contributed by atoms with Crippen molar-refractivity contribution in [2.24, 2.45) is 0 Å². The van der Waals surface area contributed by atoms with Crippen molar-refractivity contribution in [3.8, 4) is 5.69 Å². The summed E-state index contributed by atoms with van der Waals surface area (Å²) in [7, 11) is 0. The van der Waals surface area contributed by atoms with Gasteiger partial charge in [-0.1, -0.05) is 11.6 Å². The number of hydrogen-bond donors (Lipinski definition) is 0. The number of hydrogen-bond acceptors (Lipinski definition) is 4. The highest BCUT2D eigenvalue weighted by atomic mass is 35.5. The van der Waals surface area contributed by atoms with Crippen molar-refractivity contribution in [3.63, 3.8) is 0 Å². The fraction of sp³-hybridized carbons (Fsp3) is 0.316. The maximum absolute atomic E-state index is 13.1. The molecule has 27 heavy (non-hydrogen) atoms. The van der Waals surface area contributed by atoms with Crippen LogP contribution < -0.4 is 0 Å². The number of aryl methyl sites for hydroxylation is 1. The fourth-order valence-corrected chi connectivity index (χ4v) is 2.79. The first-order chi connectivity index (χ1) is 12.9. The standard InChI is InChI=1S/C19H21ClFN3O3/c1-4-23(5-2)17(25)12-27-18(26)11-10-16-13(3)22-24(19(16)20)15-8-6-14(21)7-9-15/h6-11H,4-5,12H2,1-3H3/b11-10+. The highest BCUT2D eigenvalue weighted by molar-refractivity contribution is 6.31. The Morgan fingerprint density at radius 2 is 1.89 bits per heavy atom. The molecule has 8 heteroatoms. The zero-order chi connectivity index (χ0) is 20.0. The molecule has 0 bridgehead atoms. The number of carbonyl (C=O) groups is 2. The van der Waals surface area contributed by atoms with Crippen LogP contribution in [-0.2, 0) is 14.3 Å². The molecular weight excluding hydrogens is 373 g/mol. The van der Waals surface area contributed by atoms with Crippen molar-refractivity contribution in [3.05, 3.63) is 52.6 Å². The van der Waals surface area contributed by atoms with Gasteiger partial charge in [-0.05, 0) is 51.1 Å². The molecule has 1 heterocycles. The van der Waals surface area contributed by atoms with Gasteiger partial charge in [0.2, 0.25) is 0 Å². The minimum Gasteiger partial charge on any atom is -0.452 e. The van der Waals surface area contributed by atoms with Gasteiger partial charge in [0.1, 0.15) is 11.0 Å². The highest BCUT2D eigenvalue weighted by Gasteiger charge is 2.14. The number of halogens is 2. The summed E-state index contributed by atoms with van der Waals surface area (Å²) in [5.41, 5.74) is 1.72. The number of aromatic nitrogens is 2. The van der Waals surface area contributed by atoms with Gasteiger partial charge in [-0.3, -0.25) is 4.79 Å². The van der Waals surface area contributed by atoms with E-state index in [2.05, 4.69) is 5.10 Å². The lowest BCUT2D eigenvalue weighted by atomic mass is 10.2. The Morgan fingerprint density at radius 3 is 2.48 bits per heavy atom. The van der Waals surface area contributed by atoms with E-state index in [0.717, 1.165) is 0 Å². The largest absolute Gasteiger partial charge is 0.452 e. The minimum atomic E-state index is -0.652. The number of amides is 1. The van der Waals surface area contributed by atoms with E-state index in [-0.39, 0.29) is 23.5 Å². The zero-order valence-corrected chi connectivity index (χ0v) is 16.2.